The van der Waals surface area contributed by atoms with Gasteiger partial charge in [0.05, 0.1) is 6.42 Å². The molecule has 1 aliphatic heterocycles. The Morgan fingerprint density at radius 3 is 2.45 bits per heavy atom. The Labute approximate surface area is 184 Å². The lowest BCUT2D eigenvalue weighted by Crippen LogP contribution is -2.39. The SMILES string of the molecule is Cc1nc(C2CCCN(C(=O)CCc3ccccc3)C2)nc(C)c1CC(=O)NC1CC1. The van der Waals surface area contributed by atoms with Gasteiger partial charge in [-0.2, -0.15) is 0 Å². The van der Waals surface area contributed by atoms with Crippen molar-refractivity contribution in [1.82, 2.24) is 20.2 Å². The number of piperidine rings is 1. The molecule has 4 rings (SSSR count). The summed E-state index contributed by atoms with van der Waals surface area (Å²) in [4.78, 5) is 36.5. The molecule has 1 aromatic carbocycles. The van der Waals surface area contributed by atoms with Gasteiger partial charge in [0.1, 0.15) is 5.82 Å². The van der Waals surface area contributed by atoms with E-state index in [9.17, 15) is 9.59 Å². The predicted molar refractivity (Wildman–Crippen MR) is 120 cm³/mol. The molecule has 2 fully saturated rings. The molecular weight excluding hydrogens is 388 g/mol. The molecule has 0 radical (unpaired) electrons. The van der Waals surface area contributed by atoms with E-state index >= 15 is 0 Å². The maximum Gasteiger partial charge on any atom is 0.224 e. The van der Waals surface area contributed by atoms with Gasteiger partial charge in [0, 0.05) is 48.4 Å². The molecule has 1 aromatic heterocycles. The van der Waals surface area contributed by atoms with Crippen LogP contribution in [0.5, 0.6) is 0 Å². The first-order chi connectivity index (χ1) is 15.0. The molecule has 31 heavy (non-hydrogen) atoms. The van der Waals surface area contributed by atoms with Gasteiger partial charge in [-0.3, -0.25) is 9.59 Å². The van der Waals surface area contributed by atoms with Crippen LogP contribution >= 0.6 is 0 Å². The standard InChI is InChI=1S/C25H32N4O2/c1-17-22(15-23(30)28-21-11-12-21)18(2)27-25(26-17)20-9-6-14-29(16-20)24(31)13-10-19-7-4-3-5-8-19/h3-5,7-8,20-21H,6,9-16H2,1-2H3,(H,28,30). The van der Waals surface area contributed by atoms with Gasteiger partial charge in [-0.05, 0) is 51.5 Å². The number of carbonyl (C=O) groups excluding carboxylic acids is 2. The van der Waals surface area contributed by atoms with Crippen molar-refractivity contribution < 1.29 is 9.59 Å². The zero-order valence-electron chi connectivity index (χ0n) is 18.6. The fourth-order valence-electron chi connectivity index (χ4n) is 4.34. The van der Waals surface area contributed by atoms with E-state index in [0.717, 1.165) is 61.4 Å². The Bertz CT molecular complexity index is 917. The van der Waals surface area contributed by atoms with Crippen LogP contribution in [0, 0.1) is 13.8 Å². The minimum Gasteiger partial charge on any atom is -0.353 e. The zero-order valence-corrected chi connectivity index (χ0v) is 18.6. The van der Waals surface area contributed by atoms with Crippen LogP contribution in [0.15, 0.2) is 30.3 Å². The first kappa shape index (κ1) is 21.5. The Balaban J connectivity index is 1.38. The lowest BCUT2D eigenvalue weighted by atomic mass is 9.95. The number of nitrogens with zero attached hydrogens (tertiary/aromatic N) is 3. The lowest BCUT2D eigenvalue weighted by molar-refractivity contribution is -0.132. The summed E-state index contributed by atoms with van der Waals surface area (Å²) in [5.41, 5.74) is 3.87. The molecule has 2 aliphatic rings. The molecular formula is C25H32N4O2. The predicted octanol–water partition coefficient (Wildman–Crippen LogP) is 3.25. The van der Waals surface area contributed by atoms with Crippen LogP contribution in [-0.4, -0.2) is 45.8 Å². The van der Waals surface area contributed by atoms with Gasteiger partial charge < -0.3 is 10.2 Å². The van der Waals surface area contributed by atoms with Crippen molar-refractivity contribution in [3.63, 3.8) is 0 Å². The van der Waals surface area contributed by atoms with Gasteiger partial charge in [0.2, 0.25) is 11.8 Å². The molecule has 1 aliphatic carbocycles. The Hall–Kier alpha value is -2.76. The number of amides is 2. The molecule has 1 atom stereocenters. The lowest BCUT2D eigenvalue weighted by Gasteiger charge is -2.32. The molecule has 1 N–H and O–H groups in total. The highest BCUT2D eigenvalue weighted by Crippen LogP contribution is 2.27. The van der Waals surface area contributed by atoms with E-state index in [1.165, 1.54) is 5.56 Å². The first-order valence-corrected chi connectivity index (χ1v) is 11.4. The summed E-state index contributed by atoms with van der Waals surface area (Å²) in [6.07, 6.45) is 5.77. The number of aromatic nitrogens is 2. The van der Waals surface area contributed by atoms with Crippen molar-refractivity contribution in [2.24, 2.45) is 0 Å². The van der Waals surface area contributed by atoms with E-state index in [1.807, 2.05) is 36.9 Å². The molecule has 1 saturated carbocycles. The van der Waals surface area contributed by atoms with Crippen molar-refractivity contribution in [3.05, 3.63) is 58.7 Å². The van der Waals surface area contributed by atoms with Crippen molar-refractivity contribution in [2.75, 3.05) is 13.1 Å². The van der Waals surface area contributed by atoms with Crippen LogP contribution in [0.1, 0.15) is 66.4 Å². The molecule has 2 heterocycles. The van der Waals surface area contributed by atoms with Crippen molar-refractivity contribution in [2.45, 2.75) is 70.8 Å². The van der Waals surface area contributed by atoms with Crippen molar-refractivity contribution >= 4 is 11.8 Å². The van der Waals surface area contributed by atoms with Crippen LogP contribution in [-0.2, 0) is 22.4 Å². The number of aryl methyl sites for hydroxylation is 3. The van der Waals surface area contributed by atoms with Gasteiger partial charge in [0.25, 0.3) is 0 Å². The summed E-state index contributed by atoms with van der Waals surface area (Å²) in [6, 6.07) is 10.5. The van der Waals surface area contributed by atoms with Crippen LogP contribution in [0.4, 0.5) is 0 Å². The monoisotopic (exact) mass is 420 g/mol. The number of benzene rings is 1. The Kier molecular flexibility index (Phi) is 6.64. The number of carbonyl (C=O) groups is 2. The summed E-state index contributed by atoms with van der Waals surface area (Å²) < 4.78 is 0. The number of rotatable bonds is 7. The van der Waals surface area contributed by atoms with E-state index < -0.39 is 0 Å². The average Bonchev–Trinajstić information content (AvgIpc) is 3.59. The quantitative estimate of drug-likeness (QED) is 0.746. The highest BCUT2D eigenvalue weighted by molar-refractivity contribution is 5.79. The van der Waals surface area contributed by atoms with Crippen LogP contribution in [0.3, 0.4) is 0 Å². The zero-order chi connectivity index (χ0) is 21.8. The summed E-state index contributed by atoms with van der Waals surface area (Å²) in [5.74, 6) is 1.22. The van der Waals surface area contributed by atoms with Gasteiger partial charge in [-0.1, -0.05) is 30.3 Å². The highest BCUT2D eigenvalue weighted by atomic mass is 16.2. The van der Waals surface area contributed by atoms with E-state index in [2.05, 4.69) is 17.4 Å². The summed E-state index contributed by atoms with van der Waals surface area (Å²) in [7, 11) is 0. The topological polar surface area (TPSA) is 75.2 Å². The van der Waals surface area contributed by atoms with E-state index in [1.54, 1.807) is 0 Å². The third-order valence-corrected chi connectivity index (χ3v) is 6.33. The molecule has 6 nitrogen and oxygen atoms in total. The van der Waals surface area contributed by atoms with Gasteiger partial charge in [-0.15, -0.1) is 0 Å². The maximum atomic E-state index is 12.8. The molecule has 2 aromatic rings. The number of likely N-dealkylation sites (tertiary alicyclic amines) is 1. The minimum absolute atomic E-state index is 0.0536. The number of hydrogen-bond acceptors (Lipinski definition) is 4. The third kappa shape index (κ3) is 5.69. The average molecular weight is 421 g/mol. The maximum absolute atomic E-state index is 12.8. The van der Waals surface area contributed by atoms with Gasteiger partial charge in [0.15, 0.2) is 0 Å². The molecule has 1 unspecified atom stereocenters. The number of nitrogens with one attached hydrogen (secondary N) is 1. The molecule has 0 bridgehead atoms. The highest BCUT2D eigenvalue weighted by Gasteiger charge is 2.28. The second kappa shape index (κ2) is 9.58. The second-order valence-corrected chi connectivity index (χ2v) is 8.91. The fourth-order valence-corrected chi connectivity index (χ4v) is 4.34. The Morgan fingerprint density at radius 1 is 1.06 bits per heavy atom. The molecule has 1 saturated heterocycles. The normalized spacial score (nSPS) is 18.6. The minimum atomic E-state index is 0.0536. The third-order valence-electron chi connectivity index (χ3n) is 6.33. The van der Waals surface area contributed by atoms with Crippen molar-refractivity contribution in [3.8, 4) is 0 Å². The molecule has 164 valence electrons. The van der Waals surface area contributed by atoms with Crippen LogP contribution < -0.4 is 5.32 Å². The first-order valence-electron chi connectivity index (χ1n) is 11.4. The molecule has 6 heteroatoms. The molecule has 2 amide bonds. The van der Waals surface area contributed by atoms with E-state index in [0.29, 0.717) is 25.4 Å². The largest absolute Gasteiger partial charge is 0.353 e. The smallest absolute Gasteiger partial charge is 0.224 e. The summed E-state index contributed by atoms with van der Waals surface area (Å²) >= 11 is 0. The second-order valence-electron chi connectivity index (χ2n) is 8.91. The molecule has 0 spiro atoms. The van der Waals surface area contributed by atoms with Gasteiger partial charge in [-0.25, -0.2) is 9.97 Å². The summed E-state index contributed by atoms with van der Waals surface area (Å²) in [6.45, 7) is 5.41. The summed E-state index contributed by atoms with van der Waals surface area (Å²) in [5, 5.41) is 3.04. The fraction of sp³-hybridized carbons (Fsp3) is 0.520. The van der Waals surface area contributed by atoms with E-state index in [-0.39, 0.29) is 17.7 Å². The van der Waals surface area contributed by atoms with E-state index in [4.69, 9.17) is 9.97 Å². The van der Waals surface area contributed by atoms with Crippen LogP contribution in [0.2, 0.25) is 0 Å². The number of hydrogen-bond donors (Lipinski definition) is 1. The van der Waals surface area contributed by atoms with Gasteiger partial charge >= 0.3 is 0 Å². The Morgan fingerprint density at radius 2 is 1.77 bits per heavy atom. The van der Waals surface area contributed by atoms with Crippen LogP contribution in [0.25, 0.3) is 0 Å². The van der Waals surface area contributed by atoms with Crippen molar-refractivity contribution in [1.29, 1.82) is 0 Å².